The van der Waals surface area contributed by atoms with Crippen LogP contribution in [0.2, 0.25) is 0 Å². The van der Waals surface area contributed by atoms with Crippen LogP contribution in [0.3, 0.4) is 0 Å². The zero-order valence-electron chi connectivity index (χ0n) is 17.3. The van der Waals surface area contributed by atoms with Gasteiger partial charge in [-0.15, -0.1) is 0 Å². The Morgan fingerprint density at radius 3 is 2.41 bits per heavy atom. The highest BCUT2D eigenvalue weighted by Gasteiger charge is 2.35. The van der Waals surface area contributed by atoms with Gasteiger partial charge < -0.3 is 19.7 Å². The first-order valence-corrected chi connectivity index (χ1v) is 11.0. The summed E-state index contributed by atoms with van der Waals surface area (Å²) < 4.78 is 77.9. The van der Waals surface area contributed by atoms with Gasteiger partial charge in [-0.1, -0.05) is 0 Å². The SMILES string of the molecule is CNS(=O)(=O)c1cc(C(=O)Nc2ccc(N3CCOCC3)cc2C(F)(F)F)ccc1OC. The average Bonchev–Trinajstić information content (AvgIpc) is 2.78. The minimum atomic E-state index is -4.72. The Hall–Kier alpha value is -2.83. The molecule has 0 aromatic heterocycles. The lowest BCUT2D eigenvalue weighted by atomic mass is 10.1. The Balaban J connectivity index is 1.94. The molecule has 0 spiro atoms. The standard InChI is InChI=1S/C20H22F3N3O5S/c1-24-32(28,29)18-11-13(3-6-17(18)30-2)19(27)25-16-5-4-14(12-15(16)20(21,22)23)26-7-9-31-10-8-26/h3-6,11-12,24H,7-10H2,1-2H3,(H,25,27). The van der Waals surface area contributed by atoms with E-state index in [0.29, 0.717) is 32.0 Å². The number of ether oxygens (including phenoxy) is 2. The van der Waals surface area contributed by atoms with Crippen molar-refractivity contribution < 1.29 is 35.9 Å². The molecule has 1 amide bonds. The van der Waals surface area contributed by atoms with E-state index in [1.807, 2.05) is 0 Å². The van der Waals surface area contributed by atoms with Crippen molar-refractivity contribution in [2.45, 2.75) is 11.1 Å². The Labute approximate surface area is 183 Å². The van der Waals surface area contributed by atoms with Gasteiger partial charge in [-0.25, -0.2) is 13.1 Å². The first-order valence-electron chi connectivity index (χ1n) is 9.53. The topological polar surface area (TPSA) is 97.0 Å². The molecular weight excluding hydrogens is 451 g/mol. The molecule has 1 heterocycles. The summed E-state index contributed by atoms with van der Waals surface area (Å²) in [4.78, 5) is 14.1. The third-order valence-electron chi connectivity index (χ3n) is 4.92. The van der Waals surface area contributed by atoms with Crippen molar-refractivity contribution in [2.24, 2.45) is 0 Å². The molecule has 0 aliphatic carbocycles. The Morgan fingerprint density at radius 2 is 1.81 bits per heavy atom. The molecule has 2 aromatic rings. The molecule has 2 N–H and O–H groups in total. The van der Waals surface area contributed by atoms with Crippen molar-refractivity contribution in [3.8, 4) is 5.75 Å². The lowest BCUT2D eigenvalue weighted by molar-refractivity contribution is -0.136. The third kappa shape index (κ3) is 5.14. The summed E-state index contributed by atoms with van der Waals surface area (Å²) in [6.45, 7) is 1.74. The maximum Gasteiger partial charge on any atom is 0.418 e. The largest absolute Gasteiger partial charge is 0.495 e. The highest BCUT2D eigenvalue weighted by atomic mass is 32.2. The summed E-state index contributed by atoms with van der Waals surface area (Å²) in [7, 11) is -1.52. The van der Waals surface area contributed by atoms with E-state index in [1.165, 1.54) is 38.4 Å². The van der Waals surface area contributed by atoms with E-state index in [9.17, 15) is 26.4 Å². The van der Waals surface area contributed by atoms with Crippen LogP contribution in [0.15, 0.2) is 41.3 Å². The second kappa shape index (κ2) is 9.35. The number of benzene rings is 2. The smallest absolute Gasteiger partial charge is 0.418 e. The molecule has 0 unspecified atom stereocenters. The van der Waals surface area contributed by atoms with Gasteiger partial charge in [0.2, 0.25) is 10.0 Å². The summed E-state index contributed by atoms with van der Waals surface area (Å²) >= 11 is 0. The van der Waals surface area contributed by atoms with Crippen molar-refractivity contribution in [3.05, 3.63) is 47.5 Å². The fourth-order valence-corrected chi connectivity index (χ4v) is 4.14. The predicted octanol–water partition coefficient (Wildman–Crippen LogP) is 2.71. The van der Waals surface area contributed by atoms with Crippen LogP contribution in [0.1, 0.15) is 15.9 Å². The number of sulfonamides is 1. The molecule has 0 radical (unpaired) electrons. The summed E-state index contributed by atoms with van der Waals surface area (Å²) in [5.41, 5.74) is -1.23. The maximum atomic E-state index is 13.7. The van der Waals surface area contributed by atoms with Crippen LogP contribution >= 0.6 is 0 Å². The Kier molecular flexibility index (Phi) is 6.96. The van der Waals surface area contributed by atoms with Crippen LogP contribution in [0.25, 0.3) is 0 Å². The summed E-state index contributed by atoms with van der Waals surface area (Å²) in [6, 6.07) is 7.20. The molecule has 1 aliphatic rings. The van der Waals surface area contributed by atoms with E-state index >= 15 is 0 Å². The molecule has 0 saturated carbocycles. The first kappa shape index (κ1) is 23.8. The van der Waals surface area contributed by atoms with Crippen molar-refractivity contribution in [2.75, 3.05) is 50.7 Å². The predicted molar refractivity (Wildman–Crippen MR) is 112 cm³/mol. The van der Waals surface area contributed by atoms with Gasteiger partial charge in [0.25, 0.3) is 5.91 Å². The number of hydrogen-bond acceptors (Lipinski definition) is 6. The van der Waals surface area contributed by atoms with Gasteiger partial charge in [0, 0.05) is 24.3 Å². The Morgan fingerprint density at radius 1 is 1.12 bits per heavy atom. The van der Waals surface area contributed by atoms with E-state index in [-0.39, 0.29) is 16.2 Å². The van der Waals surface area contributed by atoms with E-state index in [2.05, 4.69) is 10.0 Å². The van der Waals surface area contributed by atoms with Crippen molar-refractivity contribution in [3.63, 3.8) is 0 Å². The number of halogens is 3. The summed E-state index contributed by atoms with van der Waals surface area (Å²) in [6.07, 6.45) is -4.72. The lowest BCUT2D eigenvalue weighted by Gasteiger charge is -2.29. The van der Waals surface area contributed by atoms with Crippen LogP contribution in [0.4, 0.5) is 24.5 Å². The molecular formula is C20H22F3N3O5S. The van der Waals surface area contributed by atoms with Gasteiger partial charge in [-0.05, 0) is 43.4 Å². The van der Waals surface area contributed by atoms with Gasteiger partial charge in [-0.2, -0.15) is 13.2 Å². The number of rotatable bonds is 6. The number of amides is 1. The normalized spacial score (nSPS) is 14.8. The van der Waals surface area contributed by atoms with E-state index in [1.54, 1.807) is 4.90 Å². The summed E-state index contributed by atoms with van der Waals surface area (Å²) in [5, 5.41) is 2.24. The monoisotopic (exact) mass is 473 g/mol. The summed E-state index contributed by atoms with van der Waals surface area (Å²) in [5.74, 6) is -0.911. The number of morpholine rings is 1. The van der Waals surface area contributed by atoms with Crippen molar-refractivity contribution in [1.29, 1.82) is 0 Å². The fourth-order valence-electron chi connectivity index (χ4n) is 3.23. The minimum Gasteiger partial charge on any atom is -0.495 e. The number of methoxy groups -OCH3 is 1. The molecule has 174 valence electrons. The van der Waals surface area contributed by atoms with Crippen LogP contribution in [0, 0.1) is 0 Å². The van der Waals surface area contributed by atoms with Gasteiger partial charge in [0.15, 0.2) is 0 Å². The quantitative estimate of drug-likeness (QED) is 0.670. The van der Waals surface area contributed by atoms with Crippen LogP contribution < -0.4 is 19.7 Å². The van der Waals surface area contributed by atoms with Gasteiger partial charge in [0.1, 0.15) is 10.6 Å². The zero-order valence-corrected chi connectivity index (χ0v) is 18.1. The molecule has 2 aromatic carbocycles. The van der Waals surface area contributed by atoms with Gasteiger partial charge in [0.05, 0.1) is 31.6 Å². The average molecular weight is 473 g/mol. The number of carbonyl (C=O) groups is 1. The highest BCUT2D eigenvalue weighted by molar-refractivity contribution is 7.89. The second-order valence-electron chi connectivity index (χ2n) is 6.85. The number of hydrogen-bond donors (Lipinski definition) is 2. The van der Waals surface area contributed by atoms with Crippen LogP contribution in [0.5, 0.6) is 5.75 Å². The molecule has 0 atom stereocenters. The van der Waals surface area contributed by atoms with E-state index in [0.717, 1.165) is 12.1 Å². The van der Waals surface area contributed by atoms with Crippen molar-refractivity contribution in [1.82, 2.24) is 4.72 Å². The number of alkyl halides is 3. The molecule has 3 rings (SSSR count). The highest BCUT2D eigenvalue weighted by Crippen LogP contribution is 2.38. The fraction of sp³-hybridized carbons (Fsp3) is 0.350. The zero-order chi connectivity index (χ0) is 23.5. The lowest BCUT2D eigenvalue weighted by Crippen LogP contribution is -2.36. The molecule has 0 bridgehead atoms. The van der Waals surface area contributed by atoms with Crippen molar-refractivity contribution >= 4 is 27.3 Å². The first-order chi connectivity index (χ1) is 15.1. The minimum absolute atomic E-state index is 0.0123. The van der Waals surface area contributed by atoms with Crippen LogP contribution in [-0.4, -0.2) is 54.8 Å². The molecule has 1 fully saturated rings. The number of nitrogens with one attached hydrogen (secondary N) is 2. The molecule has 32 heavy (non-hydrogen) atoms. The van der Waals surface area contributed by atoms with Gasteiger partial charge in [-0.3, -0.25) is 4.79 Å². The number of carbonyl (C=O) groups excluding carboxylic acids is 1. The number of anilines is 2. The van der Waals surface area contributed by atoms with Gasteiger partial charge >= 0.3 is 6.18 Å². The molecule has 8 nitrogen and oxygen atoms in total. The third-order valence-corrected chi connectivity index (χ3v) is 6.35. The van der Waals surface area contributed by atoms with Crippen LogP contribution in [-0.2, 0) is 20.9 Å². The molecule has 1 aliphatic heterocycles. The molecule has 1 saturated heterocycles. The van der Waals surface area contributed by atoms with E-state index in [4.69, 9.17) is 9.47 Å². The van der Waals surface area contributed by atoms with E-state index < -0.39 is 33.4 Å². The number of nitrogens with zero attached hydrogens (tertiary/aromatic N) is 1. The Bertz CT molecular complexity index is 1100. The molecule has 12 heteroatoms. The second-order valence-corrected chi connectivity index (χ2v) is 8.71. The maximum absolute atomic E-state index is 13.7.